The second kappa shape index (κ2) is 9.11. The molecule has 2 aromatic carbocycles. The van der Waals surface area contributed by atoms with Crippen LogP contribution in [-0.2, 0) is 17.8 Å². The van der Waals surface area contributed by atoms with Crippen molar-refractivity contribution in [2.45, 2.75) is 52.9 Å². The standard InChI is InChI=1S/C21H27NO3/c1-5-18-8-6-7-9-20(18)25-16(4)21(23)22-14-17-10-12-19(13-11-17)24-15(2)3/h6-13,15-16H,5,14H2,1-4H3,(H,22,23)/t16-/m1/s1. The third-order valence-electron chi connectivity index (χ3n) is 3.79. The van der Waals surface area contributed by atoms with Gasteiger partial charge in [-0.1, -0.05) is 37.3 Å². The zero-order valence-electron chi connectivity index (χ0n) is 15.4. The summed E-state index contributed by atoms with van der Waals surface area (Å²) in [6.45, 7) is 8.28. The molecule has 2 aromatic rings. The summed E-state index contributed by atoms with van der Waals surface area (Å²) in [4.78, 5) is 12.3. The highest BCUT2D eigenvalue weighted by atomic mass is 16.5. The summed E-state index contributed by atoms with van der Waals surface area (Å²) in [7, 11) is 0. The van der Waals surface area contributed by atoms with E-state index in [0.717, 1.165) is 29.0 Å². The lowest BCUT2D eigenvalue weighted by Gasteiger charge is -2.17. The first-order chi connectivity index (χ1) is 12.0. The zero-order chi connectivity index (χ0) is 18.2. The van der Waals surface area contributed by atoms with Crippen LogP contribution in [0.2, 0.25) is 0 Å². The number of hydrogen-bond acceptors (Lipinski definition) is 3. The minimum Gasteiger partial charge on any atom is -0.491 e. The van der Waals surface area contributed by atoms with Crippen LogP contribution in [0.15, 0.2) is 48.5 Å². The number of amides is 1. The number of hydrogen-bond donors (Lipinski definition) is 1. The number of rotatable bonds is 8. The smallest absolute Gasteiger partial charge is 0.261 e. The average molecular weight is 341 g/mol. The lowest BCUT2D eigenvalue weighted by molar-refractivity contribution is -0.127. The maximum Gasteiger partial charge on any atom is 0.261 e. The van der Waals surface area contributed by atoms with Crippen LogP contribution in [0.3, 0.4) is 0 Å². The van der Waals surface area contributed by atoms with Crippen molar-refractivity contribution in [3.63, 3.8) is 0 Å². The average Bonchev–Trinajstić information content (AvgIpc) is 2.60. The van der Waals surface area contributed by atoms with Crippen molar-refractivity contribution < 1.29 is 14.3 Å². The SMILES string of the molecule is CCc1ccccc1O[C@H](C)C(=O)NCc1ccc(OC(C)C)cc1. The third kappa shape index (κ3) is 5.82. The van der Waals surface area contributed by atoms with Gasteiger partial charge in [-0.25, -0.2) is 0 Å². The number of ether oxygens (including phenoxy) is 2. The highest BCUT2D eigenvalue weighted by molar-refractivity contribution is 5.80. The summed E-state index contributed by atoms with van der Waals surface area (Å²) in [6.07, 6.45) is 0.473. The fraction of sp³-hybridized carbons (Fsp3) is 0.381. The van der Waals surface area contributed by atoms with Crippen molar-refractivity contribution in [3.05, 3.63) is 59.7 Å². The van der Waals surface area contributed by atoms with E-state index in [-0.39, 0.29) is 12.0 Å². The number of para-hydroxylation sites is 1. The molecule has 0 saturated carbocycles. The van der Waals surface area contributed by atoms with E-state index < -0.39 is 6.10 Å². The summed E-state index contributed by atoms with van der Waals surface area (Å²) in [5.74, 6) is 1.47. The quantitative estimate of drug-likeness (QED) is 0.786. The van der Waals surface area contributed by atoms with Crippen molar-refractivity contribution in [1.82, 2.24) is 5.32 Å². The Labute approximate surface area is 150 Å². The summed E-state index contributed by atoms with van der Waals surface area (Å²) in [5, 5.41) is 2.91. The van der Waals surface area contributed by atoms with E-state index in [0.29, 0.717) is 6.54 Å². The van der Waals surface area contributed by atoms with Gasteiger partial charge in [0.05, 0.1) is 6.10 Å². The highest BCUT2D eigenvalue weighted by Gasteiger charge is 2.15. The van der Waals surface area contributed by atoms with E-state index in [1.165, 1.54) is 0 Å². The summed E-state index contributed by atoms with van der Waals surface area (Å²) >= 11 is 0. The summed E-state index contributed by atoms with van der Waals surface area (Å²) < 4.78 is 11.4. The second-order valence-corrected chi connectivity index (χ2v) is 6.25. The van der Waals surface area contributed by atoms with Gasteiger partial charge in [-0.15, -0.1) is 0 Å². The molecular weight excluding hydrogens is 314 g/mol. The second-order valence-electron chi connectivity index (χ2n) is 6.25. The minimum absolute atomic E-state index is 0.131. The van der Waals surface area contributed by atoms with Crippen LogP contribution in [0.4, 0.5) is 0 Å². The molecule has 0 bridgehead atoms. The number of nitrogens with one attached hydrogen (secondary N) is 1. The Morgan fingerprint density at radius 2 is 1.68 bits per heavy atom. The van der Waals surface area contributed by atoms with E-state index in [1.54, 1.807) is 6.92 Å². The highest BCUT2D eigenvalue weighted by Crippen LogP contribution is 2.20. The van der Waals surface area contributed by atoms with Crippen LogP contribution in [0.1, 0.15) is 38.8 Å². The van der Waals surface area contributed by atoms with Crippen LogP contribution >= 0.6 is 0 Å². The van der Waals surface area contributed by atoms with Crippen LogP contribution in [0, 0.1) is 0 Å². The molecule has 134 valence electrons. The molecule has 25 heavy (non-hydrogen) atoms. The molecule has 0 spiro atoms. The maximum absolute atomic E-state index is 12.3. The van der Waals surface area contributed by atoms with Gasteiger partial charge in [0.1, 0.15) is 11.5 Å². The Bertz CT molecular complexity index is 680. The molecule has 4 nitrogen and oxygen atoms in total. The molecule has 0 radical (unpaired) electrons. The van der Waals surface area contributed by atoms with Gasteiger partial charge in [-0.05, 0) is 56.5 Å². The molecule has 2 rings (SSSR count). The van der Waals surface area contributed by atoms with Crippen molar-refractivity contribution >= 4 is 5.91 Å². The van der Waals surface area contributed by atoms with E-state index in [1.807, 2.05) is 62.4 Å². The van der Waals surface area contributed by atoms with Gasteiger partial charge in [0.2, 0.25) is 0 Å². The van der Waals surface area contributed by atoms with Crippen molar-refractivity contribution in [2.75, 3.05) is 0 Å². The first-order valence-electron chi connectivity index (χ1n) is 8.77. The topological polar surface area (TPSA) is 47.6 Å². The van der Waals surface area contributed by atoms with Gasteiger partial charge in [-0.2, -0.15) is 0 Å². The molecule has 0 aliphatic heterocycles. The van der Waals surface area contributed by atoms with Crippen molar-refractivity contribution in [2.24, 2.45) is 0 Å². The van der Waals surface area contributed by atoms with Gasteiger partial charge in [0.15, 0.2) is 6.10 Å². The molecule has 0 unspecified atom stereocenters. The molecule has 0 saturated heterocycles. The molecule has 0 aliphatic rings. The number of carbonyl (C=O) groups is 1. The molecule has 1 amide bonds. The Kier molecular flexibility index (Phi) is 6.87. The normalized spacial score (nSPS) is 11.9. The van der Waals surface area contributed by atoms with Crippen molar-refractivity contribution in [3.8, 4) is 11.5 Å². The Hall–Kier alpha value is -2.49. The predicted molar refractivity (Wildman–Crippen MR) is 100.0 cm³/mol. The molecule has 0 fully saturated rings. The Morgan fingerprint density at radius 3 is 2.32 bits per heavy atom. The predicted octanol–water partition coefficient (Wildman–Crippen LogP) is 4.12. The Morgan fingerprint density at radius 1 is 1.00 bits per heavy atom. The molecule has 1 N–H and O–H groups in total. The van der Waals surface area contributed by atoms with Gasteiger partial charge in [0.25, 0.3) is 5.91 Å². The zero-order valence-corrected chi connectivity index (χ0v) is 15.4. The van der Waals surface area contributed by atoms with Crippen molar-refractivity contribution in [1.29, 1.82) is 0 Å². The largest absolute Gasteiger partial charge is 0.491 e. The third-order valence-corrected chi connectivity index (χ3v) is 3.79. The van der Waals surface area contributed by atoms with Gasteiger partial charge in [0, 0.05) is 6.54 Å². The first kappa shape index (κ1) is 18.8. The van der Waals surface area contributed by atoms with Gasteiger partial charge in [-0.3, -0.25) is 4.79 Å². The molecule has 0 heterocycles. The molecule has 0 aliphatic carbocycles. The summed E-state index contributed by atoms with van der Waals surface area (Å²) in [5.41, 5.74) is 2.12. The Balaban J connectivity index is 1.86. The molecular formula is C21H27NO3. The number of aryl methyl sites for hydroxylation is 1. The van der Waals surface area contributed by atoms with E-state index in [2.05, 4.69) is 12.2 Å². The summed E-state index contributed by atoms with van der Waals surface area (Å²) in [6, 6.07) is 15.5. The monoisotopic (exact) mass is 341 g/mol. The van der Waals surface area contributed by atoms with Crippen LogP contribution in [-0.4, -0.2) is 18.1 Å². The van der Waals surface area contributed by atoms with Crippen LogP contribution in [0.25, 0.3) is 0 Å². The first-order valence-corrected chi connectivity index (χ1v) is 8.77. The lowest BCUT2D eigenvalue weighted by Crippen LogP contribution is -2.36. The van der Waals surface area contributed by atoms with Crippen LogP contribution in [0.5, 0.6) is 11.5 Å². The lowest BCUT2D eigenvalue weighted by atomic mass is 10.1. The van der Waals surface area contributed by atoms with E-state index in [4.69, 9.17) is 9.47 Å². The van der Waals surface area contributed by atoms with Crippen LogP contribution < -0.4 is 14.8 Å². The number of benzene rings is 2. The molecule has 0 aromatic heterocycles. The maximum atomic E-state index is 12.3. The minimum atomic E-state index is -0.545. The molecule has 1 atom stereocenters. The van der Waals surface area contributed by atoms with Gasteiger partial charge < -0.3 is 14.8 Å². The number of carbonyl (C=O) groups excluding carboxylic acids is 1. The fourth-order valence-corrected chi connectivity index (χ4v) is 2.45. The fourth-order valence-electron chi connectivity index (χ4n) is 2.45. The molecule has 4 heteroatoms. The van der Waals surface area contributed by atoms with Gasteiger partial charge >= 0.3 is 0 Å². The van der Waals surface area contributed by atoms with E-state index >= 15 is 0 Å². The van der Waals surface area contributed by atoms with E-state index in [9.17, 15) is 4.79 Å².